The van der Waals surface area contributed by atoms with E-state index < -0.39 is 9.73 Å². The summed E-state index contributed by atoms with van der Waals surface area (Å²) < 4.78 is 19.3. The van der Waals surface area contributed by atoms with Crippen LogP contribution in [0.4, 0.5) is 0 Å². The van der Waals surface area contributed by atoms with Gasteiger partial charge >= 0.3 is 0 Å². The molecule has 4 heteroatoms. The average Bonchev–Trinajstić information content (AvgIpc) is 1.86. The van der Waals surface area contributed by atoms with Gasteiger partial charge in [0.1, 0.15) is 0 Å². The smallest absolute Gasteiger partial charge is 0.0697 e. The van der Waals surface area contributed by atoms with Gasteiger partial charge in [-0.3, -0.25) is 0 Å². The molecule has 0 radical (unpaired) electrons. The molecule has 1 aromatic rings. The van der Waals surface area contributed by atoms with Gasteiger partial charge in [0.05, 0.1) is 9.73 Å². The molecule has 0 aromatic heterocycles. The third-order valence-electron chi connectivity index (χ3n) is 1.25. The van der Waals surface area contributed by atoms with Crippen molar-refractivity contribution in [3.05, 3.63) is 28.7 Å². The van der Waals surface area contributed by atoms with E-state index in [-0.39, 0.29) is 0 Å². The van der Waals surface area contributed by atoms with Gasteiger partial charge in [0.2, 0.25) is 0 Å². The van der Waals surface area contributed by atoms with Crippen LogP contribution < -0.4 is 0 Å². The van der Waals surface area contributed by atoms with Crippen molar-refractivity contribution >= 4 is 25.7 Å². The number of halogens is 1. The second-order valence-electron chi connectivity index (χ2n) is 2.30. The summed E-state index contributed by atoms with van der Waals surface area (Å²) in [5.41, 5.74) is 0. The first-order valence-electron chi connectivity index (χ1n) is 2.99. The Bertz CT molecular complexity index is 358. The molecular weight excluding hydrogens is 226 g/mol. The third-order valence-corrected chi connectivity index (χ3v) is 2.89. The Morgan fingerprint density at radius 2 is 2.18 bits per heavy atom. The van der Waals surface area contributed by atoms with E-state index >= 15 is 0 Å². The summed E-state index contributed by atoms with van der Waals surface area (Å²) >= 11 is 3.25. The van der Waals surface area contributed by atoms with Crippen molar-refractivity contribution in [2.45, 2.75) is 4.90 Å². The predicted octanol–water partition coefficient (Wildman–Crippen LogP) is 2.48. The van der Waals surface area contributed by atoms with Crippen molar-refractivity contribution < 1.29 is 4.21 Å². The average molecular weight is 234 g/mol. The molecule has 1 N–H and O–H groups in total. The van der Waals surface area contributed by atoms with Crippen LogP contribution in [0.5, 0.6) is 0 Å². The molecule has 2 nitrogen and oxygen atoms in total. The Morgan fingerprint density at radius 3 is 2.55 bits per heavy atom. The molecule has 0 aliphatic rings. The highest BCUT2D eigenvalue weighted by Gasteiger charge is 2.01. The first kappa shape index (κ1) is 8.74. The number of nitrogens with one attached hydrogen (secondary N) is 1. The zero-order valence-electron chi connectivity index (χ0n) is 6.00. The van der Waals surface area contributed by atoms with E-state index in [1.54, 1.807) is 18.2 Å². The maximum absolute atomic E-state index is 11.2. The van der Waals surface area contributed by atoms with Crippen molar-refractivity contribution in [1.29, 1.82) is 4.78 Å². The molecule has 0 bridgehead atoms. The van der Waals surface area contributed by atoms with Crippen LogP contribution in [0.3, 0.4) is 0 Å². The molecule has 60 valence electrons. The maximum Gasteiger partial charge on any atom is 0.0697 e. The lowest BCUT2D eigenvalue weighted by molar-refractivity contribution is 0.679. The summed E-state index contributed by atoms with van der Waals surface area (Å²) in [6.07, 6.45) is 1.41. The molecule has 0 aliphatic carbocycles. The Balaban J connectivity index is 3.28. The zero-order chi connectivity index (χ0) is 8.48. The normalized spacial score (nSPS) is 15.8. The van der Waals surface area contributed by atoms with Gasteiger partial charge in [-0.2, -0.15) is 0 Å². The van der Waals surface area contributed by atoms with Gasteiger partial charge in [0.25, 0.3) is 0 Å². The molecule has 0 amide bonds. The van der Waals surface area contributed by atoms with Crippen molar-refractivity contribution in [3.63, 3.8) is 0 Å². The number of benzene rings is 1. The number of hydrogen-bond acceptors (Lipinski definition) is 2. The van der Waals surface area contributed by atoms with Crippen LogP contribution >= 0.6 is 15.9 Å². The molecule has 0 aliphatic heterocycles. The summed E-state index contributed by atoms with van der Waals surface area (Å²) in [5, 5.41) is 0. The molecule has 0 saturated carbocycles. The van der Waals surface area contributed by atoms with Gasteiger partial charge < -0.3 is 0 Å². The highest BCUT2D eigenvalue weighted by Crippen LogP contribution is 2.15. The SMILES string of the molecule is C[S@@](=N)(=O)c1cccc(Br)c1. The largest absolute Gasteiger partial charge is 0.249 e. The predicted molar refractivity (Wildman–Crippen MR) is 49.2 cm³/mol. The second-order valence-corrected chi connectivity index (χ2v) is 5.38. The van der Waals surface area contributed by atoms with Crippen LogP contribution in [0.15, 0.2) is 33.6 Å². The standard InChI is InChI=1S/C7H8BrNOS/c1-11(9,10)7-4-2-3-6(8)5-7/h2-5,9H,1H3/t11-/m1/s1. The van der Waals surface area contributed by atoms with Crippen molar-refractivity contribution in [2.75, 3.05) is 6.26 Å². The van der Waals surface area contributed by atoms with Gasteiger partial charge in [0, 0.05) is 15.6 Å². The van der Waals surface area contributed by atoms with Gasteiger partial charge in [0.15, 0.2) is 0 Å². The molecule has 1 rings (SSSR count). The summed E-state index contributed by atoms with van der Waals surface area (Å²) in [5.74, 6) is 0. The lowest BCUT2D eigenvalue weighted by Gasteiger charge is -1.99. The summed E-state index contributed by atoms with van der Waals surface area (Å²) in [6, 6.07) is 7.02. The van der Waals surface area contributed by atoms with Gasteiger partial charge in [-0.05, 0) is 18.2 Å². The summed E-state index contributed by atoms with van der Waals surface area (Å²) in [6.45, 7) is 0. The molecule has 1 atom stereocenters. The molecule has 0 spiro atoms. The molecule has 11 heavy (non-hydrogen) atoms. The van der Waals surface area contributed by atoms with Gasteiger partial charge in [-0.1, -0.05) is 22.0 Å². The van der Waals surface area contributed by atoms with Crippen molar-refractivity contribution in [3.8, 4) is 0 Å². The molecule has 0 unspecified atom stereocenters. The Kier molecular flexibility index (Phi) is 2.34. The number of rotatable bonds is 1. The summed E-state index contributed by atoms with van der Waals surface area (Å²) in [7, 11) is -2.56. The lowest BCUT2D eigenvalue weighted by atomic mass is 10.4. The minimum absolute atomic E-state index is 0.562. The van der Waals surface area contributed by atoms with E-state index in [2.05, 4.69) is 15.9 Å². The topological polar surface area (TPSA) is 40.9 Å². The molecule has 1 aromatic carbocycles. The van der Waals surface area contributed by atoms with Crippen LogP contribution in [0.1, 0.15) is 0 Å². The quantitative estimate of drug-likeness (QED) is 0.796. The van der Waals surface area contributed by atoms with E-state index in [4.69, 9.17) is 4.78 Å². The fourth-order valence-electron chi connectivity index (χ4n) is 0.709. The molecule has 0 saturated heterocycles. The monoisotopic (exact) mass is 233 g/mol. The van der Waals surface area contributed by atoms with Crippen molar-refractivity contribution in [2.24, 2.45) is 0 Å². The summed E-state index contributed by atoms with van der Waals surface area (Å²) in [4.78, 5) is 0.562. The van der Waals surface area contributed by atoms with Crippen LogP contribution in [0.2, 0.25) is 0 Å². The second kappa shape index (κ2) is 2.95. The third kappa shape index (κ3) is 2.31. The van der Waals surface area contributed by atoms with Crippen molar-refractivity contribution in [1.82, 2.24) is 0 Å². The van der Waals surface area contributed by atoms with Crippen LogP contribution in [0.25, 0.3) is 0 Å². The minimum Gasteiger partial charge on any atom is -0.249 e. The molecule has 0 fully saturated rings. The van der Waals surface area contributed by atoms with Gasteiger partial charge in [-0.25, -0.2) is 8.99 Å². The lowest BCUT2D eigenvalue weighted by Crippen LogP contribution is -1.93. The van der Waals surface area contributed by atoms with E-state index in [1.165, 1.54) is 6.26 Å². The van der Waals surface area contributed by atoms with E-state index in [0.29, 0.717) is 4.90 Å². The zero-order valence-corrected chi connectivity index (χ0v) is 8.41. The van der Waals surface area contributed by atoms with Crippen LogP contribution in [-0.2, 0) is 9.73 Å². The first-order valence-corrected chi connectivity index (χ1v) is 5.75. The fourth-order valence-corrected chi connectivity index (χ4v) is 1.95. The number of hydrogen-bond donors (Lipinski definition) is 1. The Morgan fingerprint density at radius 1 is 1.55 bits per heavy atom. The Hall–Kier alpha value is -0.350. The van der Waals surface area contributed by atoms with Crippen LogP contribution in [0, 0.1) is 4.78 Å². The first-order chi connectivity index (χ1) is 5.00. The highest BCUT2D eigenvalue weighted by atomic mass is 79.9. The Labute approximate surface area is 74.7 Å². The van der Waals surface area contributed by atoms with E-state index in [1.807, 2.05) is 6.07 Å². The molecule has 0 heterocycles. The van der Waals surface area contributed by atoms with E-state index in [9.17, 15) is 4.21 Å². The fraction of sp³-hybridized carbons (Fsp3) is 0.143. The van der Waals surface area contributed by atoms with Gasteiger partial charge in [-0.15, -0.1) is 0 Å². The minimum atomic E-state index is -2.56. The maximum atomic E-state index is 11.2. The van der Waals surface area contributed by atoms with Crippen LogP contribution in [-0.4, -0.2) is 10.5 Å². The molecular formula is C7H8BrNOS. The van der Waals surface area contributed by atoms with E-state index in [0.717, 1.165) is 4.47 Å². The highest BCUT2D eigenvalue weighted by molar-refractivity contribution is 9.10.